The van der Waals surface area contributed by atoms with Gasteiger partial charge in [-0.3, -0.25) is 0 Å². The molecular formula is C20H18F3NO2S. The summed E-state index contributed by atoms with van der Waals surface area (Å²) >= 11 is 0. The van der Waals surface area contributed by atoms with E-state index in [9.17, 15) is 21.6 Å². The van der Waals surface area contributed by atoms with Crippen LogP contribution in [0.5, 0.6) is 0 Å². The highest BCUT2D eigenvalue weighted by Gasteiger charge is 2.30. The Balaban J connectivity index is 1.87. The molecule has 0 bridgehead atoms. The van der Waals surface area contributed by atoms with E-state index in [0.717, 1.165) is 32.8 Å². The van der Waals surface area contributed by atoms with Gasteiger partial charge in [0.25, 0.3) is 10.0 Å². The molecule has 3 aromatic rings. The zero-order valence-corrected chi connectivity index (χ0v) is 15.6. The van der Waals surface area contributed by atoms with Gasteiger partial charge in [-0.25, -0.2) is 12.4 Å². The van der Waals surface area contributed by atoms with Gasteiger partial charge in [0, 0.05) is 12.4 Å². The molecule has 0 amide bonds. The summed E-state index contributed by atoms with van der Waals surface area (Å²) < 4.78 is 64.7. The Bertz CT molecular complexity index is 1050. The molecule has 0 atom stereocenters. The van der Waals surface area contributed by atoms with Crippen LogP contribution in [-0.4, -0.2) is 12.4 Å². The lowest BCUT2D eigenvalue weighted by Gasteiger charge is -2.07. The van der Waals surface area contributed by atoms with Crippen LogP contribution in [0.15, 0.2) is 65.8 Å². The van der Waals surface area contributed by atoms with Gasteiger partial charge < -0.3 is 0 Å². The lowest BCUT2D eigenvalue weighted by Crippen LogP contribution is -2.10. The molecule has 1 aromatic heterocycles. The molecule has 0 fully saturated rings. The van der Waals surface area contributed by atoms with Gasteiger partial charge in [-0.1, -0.05) is 29.8 Å². The minimum atomic E-state index is -4.38. The summed E-state index contributed by atoms with van der Waals surface area (Å²) in [6, 6.07) is 11.4. The fourth-order valence-corrected chi connectivity index (χ4v) is 4.04. The lowest BCUT2D eigenvalue weighted by atomic mass is 10.0. The van der Waals surface area contributed by atoms with Crippen LogP contribution in [0.2, 0.25) is 0 Å². The minimum Gasteiger partial charge on any atom is -0.248 e. The maximum absolute atomic E-state index is 12.8. The first-order chi connectivity index (χ1) is 12.6. The summed E-state index contributed by atoms with van der Waals surface area (Å²) in [5.74, 6) is 0. The van der Waals surface area contributed by atoms with Crippen LogP contribution in [0, 0.1) is 13.8 Å². The molecule has 0 unspecified atom stereocenters. The second-order valence-corrected chi connectivity index (χ2v) is 8.33. The Hall–Kier alpha value is -2.54. The van der Waals surface area contributed by atoms with Gasteiger partial charge in [0.15, 0.2) is 0 Å². The van der Waals surface area contributed by atoms with Crippen molar-refractivity contribution in [1.29, 1.82) is 0 Å². The summed E-state index contributed by atoms with van der Waals surface area (Å²) in [5.41, 5.74) is 2.43. The summed E-state index contributed by atoms with van der Waals surface area (Å²) in [7, 11) is -3.71. The molecule has 142 valence electrons. The predicted octanol–water partition coefficient (Wildman–Crippen LogP) is 4.95. The molecule has 0 N–H and O–H groups in total. The first kappa shape index (κ1) is 19.2. The molecule has 0 aliphatic carbocycles. The summed E-state index contributed by atoms with van der Waals surface area (Å²) in [4.78, 5) is 0.184. The first-order valence-corrected chi connectivity index (χ1v) is 9.67. The van der Waals surface area contributed by atoms with Gasteiger partial charge in [-0.2, -0.15) is 13.2 Å². The van der Waals surface area contributed by atoms with Crippen LogP contribution in [-0.2, 0) is 22.6 Å². The van der Waals surface area contributed by atoms with E-state index in [1.54, 1.807) is 31.2 Å². The zero-order valence-electron chi connectivity index (χ0n) is 14.8. The molecule has 1 heterocycles. The van der Waals surface area contributed by atoms with Crippen LogP contribution in [0.1, 0.15) is 27.8 Å². The van der Waals surface area contributed by atoms with E-state index < -0.39 is 21.8 Å². The highest BCUT2D eigenvalue weighted by Crippen LogP contribution is 2.29. The molecule has 0 radical (unpaired) electrons. The van der Waals surface area contributed by atoms with E-state index >= 15 is 0 Å². The van der Waals surface area contributed by atoms with Gasteiger partial charge in [-0.15, -0.1) is 0 Å². The van der Waals surface area contributed by atoms with E-state index in [1.807, 2.05) is 6.92 Å². The second kappa shape index (κ2) is 6.88. The molecule has 27 heavy (non-hydrogen) atoms. The van der Waals surface area contributed by atoms with Crippen molar-refractivity contribution in [3.05, 3.63) is 88.7 Å². The number of hydrogen-bond acceptors (Lipinski definition) is 2. The van der Waals surface area contributed by atoms with Crippen LogP contribution >= 0.6 is 0 Å². The van der Waals surface area contributed by atoms with E-state index in [1.165, 1.54) is 24.5 Å². The number of aryl methyl sites for hydroxylation is 2. The molecule has 0 spiro atoms. The highest BCUT2D eigenvalue weighted by atomic mass is 32.2. The van der Waals surface area contributed by atoms with Crippen molar-refractivity contribution in [1.82, 2.24) is 3.97 Å². The third-order valence-electron chi connectivity index (χ3n) is 4.38. The maximum atomic E-state index is 12.8. The third kappa shape index (κ3) is 4.08. The SMILES string of the molecule is Cc1ccc(S(=O)(=O)n2cc(C)c(Cc3ccc(C(F)(F)F)cc3)c2)cc1. The van der Waals surface area contributed by atoms with E-state index in [0.29, 0.717) is 12.0 Å². The van der Waals surface area contributed by atoms with Crippen molar-refractivity contribution < 1.29 is 21.6 Å². The molecule has 3 nitrogen and oxygen atoms in total. The largest absolute Gasteiger partial charge is 0.416 e. The monoisotopic (exact) mass is 393 g/mol. The average molecular weight is 393 g/mol. The summed E-state index contributed by atoms with van der Waals surface area (Å²) in [6.45, 7) is 3.65. The smallest absolute Gasteiger partial charge is 0.248 e. The molecule has 0 saturated carbocycles. The van der Waals surface area contributed by atoms with Gasteiger partial charge in [0.05, 0.1) is 10.5 Å². The predicted molar refractivity (Wildman–Crippen MR) is 97.2 cm³/mol. The molecule has 7 heteroatoms. The summed E-state index contributed by atoms with van der Waals surface area (Å²) in [5, 5.41) is 0. The number of benzene rings is 2. The minimum absolute atomic E-state index is 0.184. The fourth-order valence-electron chi connectivity index (χ4n) is 2.75. The number of alkyl halides is 3. The van der Waals surface area contributed by atoms with Gasteiger partial charge in [0.1, 0.15) is 0 Å². The Kier molecular flexibility index (Phi) is 4.90. The van der Waals surface area contributed by atoms with Crippen molar-refractivity contribution in [3.8, 4) is 0 Å². The summed E-state index contributed by atoms with van der Waals surface area (Å²) in [6.07, 6.45) is -0.989. The van der Waals surface area contributed by atoms with E-state index in [4.69, 9.17) is 0 Å². The van der Waals surface area contributed by atoms with Gasteiger partial charge in [0.2, 0.25) is 0 Å². The van der Waals surface area contributed by atoms with Crippen molar-refractivity contribution >= 4 is 10.0 Å². The van der Waals surface area contributed by atoms with Crippen LogP contribution in [0.4, 0.5) is 13.2 Å². The van der Waals surface area contributed by atoms with Crippen molar-refractivity contribution in [3.63, 3.8) is 0 Å². The standard InChI is InChI=1S/C20H18F3NO2S/c1-14-3-9-19(10-4-14)27(25,26)24-12-15(2)17(13-24)11-16-5-7-18(8-6-16)20(21,22)23/h3-10,12-13H,11H2,1-2H3. The van der Waals surface area contributed by atoms with Crippen LogP contribution < -0.4 is 0 Å². The quantitative estimate of drug-likeness (QED) is 0.629. The number of hydrogen-bond donors (Lipinski definition) is 0. The van der Waals surface area contributed by atoms with Crippen LogP contribution in [0.3, 0.4) is 0 Å². The molecule has 3 rings (SSSR count). The van der Waals surface area contributed by atoms with Crippen molar-refractivity contribution in [2.75, 3.05) is 0 Å². The first-order valence-electron chi connectivity index (χ1n) is 8.23. The van der Waals surface area contributed by atoms with Gasteiger partial charge >= 0.3 is 6.18 Å². The Morgan fingerprint density at radius 2 is 1.48 bits per heavy atom. The van der Waals surface area contributed by atoms with E-state index in [-0.39, 0.29) is 4.90 Å². The van der Waals surface area contributed by atoms with E-state index in [2.05, 4.69) is 0 Å². The van der Waals surface area contributed by atoms with Crippen LogP contribution in [0.25, 0.3) is 0 Å². The third-order valence-corrected chi connectivity index (χ3v) is 6.02. The maximum Gasteiger partial charge on any atom is 0.416 e. The Morgan fingerprint density at radius 3 is 2.04 bits per heavy atom. The lowest BCUT2D eigenvalue weighted by molar-refractivity contribution is -0.137. The number of aromatic nitrogens is 1. The Morgan fingerprint density at radius 1 is 0.889 bits per heavy atom. The molecule has 0 saturated heterocycles. The highest BCUT2D eigenvalue weighted by molar-refractivity contribution is 7.90. The number of halogens is 3. The molecular weight excluding hydrogens is 375 g/mol. The zero-order chi connectivity index (χ0) is 19.8. The average Bonchev–Trinajstić information content (AvgIpc) is 2.96. The van der Waals surface area contributed by atoms with Gasteiger partial charge in [-0.05, 0) is 61.2 Å². The molecule has 0 aliphatic rings. The Labute approximate surface area is 156 Å². The molecule has 2 aromatic carbocycles. The topological polar surface area (TPSA) is 39.1 Å². The van der Waals surface area contributed by atoms with Crippen molar-refractivity contribution in [2.24, 2.45) is 0 Å². The second-order valence-electron chi connectivity index (χ2n) is 6.49. The fraction of sp³-hybridized carbons (Fsp3) is 0.200. The number of nitrogens with zero attached hydrogens (tertiary/aromatic N) is 1. The van der Waals surface area contributed by atoms with Crippen molar-refractivity contribution in [2.45, 2.75) is 31.3 Å². The molecule has 0 aliphatic heterocycles. The normalized spacial score (nSPS) is 12.3. The number of rotatable bonds is 4.